The number of nitrogens with zero attached hydrogens (tertiary/aromatic N) is 1. The molecule has 0 heterocycles. The molecule has 0 radical (unpaired) electrons. The highest BCUT2D eigenvalue weighted by atomic mass is 16.5. The van der Waals surface area contributed by atoms with Crippen molar-refractivity contribution < 1.29 is 14.3 Å². The van der Waals surface area contributed by atoms with Crippen molar-refractivity contribution in [2.45, 2.75) is 20.5 Å². The van der Waals surface area contributed by atoms with Gasteiger partial charge < -0.3 is 9.47 Å². The number of benzene rings is 3. The van der Waals surface area contributed by atoms with E-state index in [1.54, 1.807) is 6.21 Å². The predicted octanol–water partition coefficient (Wildman–Crippen LogP) is 4.41. The van der Waals surface area contributed by atoms with Gasteiger partial charge in [0.2, 0.25) is 0 Å². The summed E-state index contributed by atoms with van der Waals surface area (Å²) in [5, 5.41) is 3.98. The lowest BCUT2D eigenvalue weighted by Gasteiger charge is -2.07. The van der Waals surface area contributed by atoms with E-state index in [1.807, 2.05) is 86.6 Å². The zero-order valence-corrected chi connectivity index (χ0v) is 16.6. The van der Waals surface area contributed by atoms with Crippen LogP contribution in [-0.4, -0.2) is 18.7 Å². The second-order valence-corrected chi connectivity index (χ2v) is 6.67. The lowest BCUT2D eigenvalue weighted by molar-refractivity contribution is -0.123. The van der Waals surface area contributed by atoms with Crippen LogP contribution in [0.15, 0.2) is 77.9 Å². The number of ether oxygens (including phenoxy) is 2. The lowest BCUT2D eigenvalue weighted by atomic mass is 10.1. The summed E-state index contributed by atoms with van der Waals surface area (Å²) in [5.41, 5.74) is 6.70. The first kappa shape index (κ1) is 20.1. The lowest BCUT2D eigenvalue weighted by Crippen LogP contribution is -2.24. The minimum Gasteiger partial charge on any atom is -0.489 e. The summed E-state index contributed by atoms with van der Waals surface area (Å²) in [6, 6.07) is 23.2. The van der Waals surface area contributed by atoms with Crippen molar-refractivity contribution in [3.63, 3.8) is 0 Å². The Balaban J connectivity index is 1.46. The fraction of sp³-hybridized carbons (Fsp3) is 0.167. The maximum Gasteiger partial charge on any atom is 0.277 e. The Morgan fingerprint density at radius 3 is 2.48 bits per heavy atom. The third-order valence-corrected chi connectivity index (χ3v) is 4.36. The second kappa shape index (κ2) is 10.1. The number of hydrogen-bond donors (Lipinski definition) is 1. The average molecular weight is 388 g/mol. The Hall–Kier alpha value is -3.60. The monoisotopic (exact) mass is 388 g/mol. The van der Waals surface area contributed by atoms with Gasteiger partial charge in [-0.3, -0.25) is 4.79 Å². The number of aryl methyl sites for hydroxylation is 2. The molecule has 0 fully saturated rings. The first-order valence-corrected chi connectivity index (χ1v) is 9.39. The van der Waals surface area contributed by atoms with Gasteiger partial charge >= 0.3 is 0 Å². The normalized spacial score (nSPS) is 10.7. The molecule has 148 valence electrons. The van der Waals surface area contributed by atoms with Crippen LogP contribution >= 0.6 is 0 Å². The number of nitrogens with one attached hydrogen (secondary N) is 1. The van der Waals surface area contributed by atoms with Gasteiger partial charge in [-0.15, -0.1) is 0 Å². The predicted molar refractivity (Wildman–Crippen MR) is 114 cm³/mol. The van der Waals surface area contributed by atoms with E-state index in [2.05, 4.69) is 10.5 Å². The van der Waals surface area contributed by atoms with Gasteiger partial charge in [0.25, 0.3) is 5.91 Å². The number of hydrogen-bond acceptors (Lipinski definition) is 4. The molecule has 29 heavy (non-hydrogen) atoms. The van der Waals surface area contributed by atoms with Crippen molar-refractivity contribution in [1.29, 1.82) is 0 Å². The smallest absolute Gasteiger partial charge is 0.277 e. The van der Waals surface area contributed by atoms with Crippen LogP contribution in [0.5, 0.6) is 11.5 Å². The Morgan fingerprint density at radius 2 is 1.69 bits per heavy atom. The Morgan fingerprint density at radius 1 is 0.897 bits per heavy atom. The second-order valence-electron chi connectivity index (χ2n) is 6.67. The van der Waals surface area contributed by atoms with Crippen LogP contribution < -0.4 is 14.9 Å². The zero-order valence-electron chi connectivity index (χ0n) is 16.6. The van der Waals surface area contributed by atoms with Gasteiger partial charge in [0.15, 0.2) is 6.61 Å². The van der Waals surface area contributed by atoms with Gasteiger partial charge in [0.1, 0.15) is 18.1 Å². The summed E-state index contributed by atoms with van der Waals surface area (Å²) in [6.07, 6.45) is 1.57. The fourth-order valence-electron chi connectivity index (χ4n) is 2.59. The van der Waals surface area contributed by atoms with Gasteiger partial charge in [0, 0.05) is 0 Å². The van der Waals surface area contributed by atoms with Crippen LogP contribution in [-0.2, 0) is 11.4 Å². The quantitative estimate of drug-likeness (QED) is 0.459. The molecule has 3 rings (SSSR count). The highest BCUT2D eigenvalue weighted by Gasteiger charge is 2.03. The van der Waals surface area contributed by atoms with Crippen LogP contribution in [0.25, 0.3) is 0 Å². The molecule has 0 aliphatic carbocycles. The van der Waals surface area contributed by atoms with Gasteiger partial charge in [0.05, 0.1) is 6.21 Å². The molecule has 0 unspecified atom stereocenters. The van der Waals surface area contributed by atoms with E-state index in [4.69, 9.17) is 9.47 Å². The van der Waals surface area contributed by atoms with Crippen molar-refractivity contribution in [2.75, 3.05) is 6.61 Å². The number of amides is 1. The molecule has 5 nitrogen and oxygen atoms in total. The molecule has 0 saturated heterocycles. The highest BCUT2D eigenvalue weighted by molar-refractivity contribution is 5.83. The van der Waals surface area contributed by atoms with E-state index < -0.39 is 0 Å². The summed E-state index contributed by atoms with van der Waals surface area (Å²) in [5.74, 6) is 1.08. The van der Waals surface area contributed by atoms with E-state index in [0.717, 1.165) is 22.4 Å². The molecule has 1 amide bonds. The molecule has 0 aromatic heterocycles. The van der Waals surface area contributed by atoms with E-state index in [0.29, 0.717) is 12.4 Å². The van der Waals surface area contributed by atoms with Crippen molar-refractivity contribution in [2.24, 2.45) is 5.10 Å². The molecule has 0 bridgehead atoms. The molecule has 3 aromatic carbocycles. The Kier molecular flexibility index (Phi) is 7.00. The molecule has 0 saturated carbocycles. The largest absolute Gasteiger partial charge is 0.489 e. The Labute approximate surface area is 171 Å². The first-order chi connectivity index (χ1) is 14.1. The minimum absolute atomic E-state index is 0.0972. The van der Waals surface area contributed by atoms with Crippen molar-refractivity contribution in [3.05, 3.63) is 95.1 Å². The maximum absolute atomic E-state index is 11.9. The first-order valence-electron chi connectivity index (χ1n) is 9.39. The van der Waals surface area contributed by atoms with Crippen molar-refractivity contribution in [1.82, 2.24) is 5.43 Å². The number of carbonyl (C=O) groups excluding carboxylic acids is 1. The zero-order chi connectivity index (χ0) is 20.5. The summed E-state index contributed by atoms with van der Waals surface area (Å²) in [4.78, 5) is 11.9. The number of carbonyl (C=O) groups is 1. The van der Waals surface area contributed by atoms with E-state index in [1.165, 1.54) is 5.56 Å². The minimum atomic E-state index is -0.323. The molecule has 0 aliphatic rings. The van der Waals surface area contributed by atoms with Gasteiger partial charge in [-0.2, -0.15) is 5.10 Å². The topological polar surface area (TPSA) is 59.9 Å². The van der Waals surface area contributed by atoms with Crippen LogP contribution in [0, 0.1) is 13.8 Å². The standard InChI is InChI=1S/C24H24N2O3/c1-18-11-12-23(13-19(18)2)29-17-24(27)26-25-15-21-9-6-10-22(14-21)28-16-20-7-4-3-5-8-20/h3-15H,16-17H2,1-2H3,(H,26,27). The summed E-state index contributed by atoms with van der Waals surface area (Å²) >= 11 is 0. The maximum atomic E-state index is 11.9. The molecule has 3 aromatic rings. The van der Waals surface area contributed by atoms with Crippen LogP contribution in [0.4, 0.5) is 0 Å². The number of rotatable bonds is 8. The molecule has 5 heteroatoms. The van der Waals surface area contributed by atoms with Crippen LogP contribution in [0.3, 0.4) is 0 Å². The third kappa shape index (κ3) is 6.50. The third-order valence-electron chi connectivity index (χ3n) is 4.36. The fourth-order valence-corrected chi connectivity index (χ4v) is 2.59. The van der Waals surface area contributed by atoms with E-state index in [-0.39, 0.29) is 12.5 Å². The average Bonchev–Trinajstić information content (AvgIpc) is 2.74. The van der Waals surface area contributed by atoms with Gasteiger partial charge in [-0.25, -0.2) is 5.43 Å². The molecule has 0 aliphatic heterocycles. The number of hydrazone groups is 1. The molecular formula is C24H24N2O3. The SMILES string of the molecule is Cc1ccc(OCC(=O)NN=Cc2cccc(OCc3ccccc3)c2)cc1C. The van der Waals surface area contributed by atoms with Crippen molar-refractivity contribution >= 4 is 12.1 Å². The van der Waals surface area contributed by atoms with Crippen LogP contribution in [0.1, 0.15) is 22.3 Å². The van der Waals surface area contributed by atoms with Crippen LogP contribution in [0.2, 0.25) is 0 Å². The van der Waals surface area contributed by atoms with Crippen molar-refractivity contribution in [3.8, 4) is 11.5 Å². The van der Waals surface area contributed by atoms with E-state index in [9.17, 15) is 4.79 Å². The summed E-state index contributed by atoms with van der Waals surface area (Å²) in [7, 11) is 0. The molecule has 0 atom stereocenters. The highest BCUT2D eigenvalue weighted by Crippen LogP contribution is 2.16. The summed E-state index contributed by atoms with van der Waals surface area (Å²) in [6.45, 7) is 4.43. The van der Waals surface area contributed by atoms with E-state index >= 15 is 0 Å². The molecular weight excluding hydrogens is 364 g/mol. The molecule has 0 spiro atoms. The van der Waals surface area contributed by atoms with Gasteiger partial charge in [-0.05, 0) is 60.4 Å². The Bertz CT molecular complexity index is 984. The molecule has 1 N–H and O–H groups in total. The van der Waals surface area contributed by atoms with Gasteiger partial charge in [-0.1, -0.05) is 48.5 Å². The summed E-state index contributed by atoms with van der Waals surface area (Å²) < 4.78 is 11.3.